The molecule has 0 saturated carbocycles. The molecule has 1 heterocycles. The van der Waals surface area contributed by atoms with E-state index in [0.717, 1.165) is 22.7 Å². The maximum absolute atomic E-state index is 5.03. The van der Waals surface area contributed by atoms with E-state index in [1.807, 2.05) is 12.3 Å². The normalized spacial score (nSPS) is 10.8. The fourth-order valence-electron chi connectivity index (χ4n) is 1.59. The number of rotatable bonds is 7. The van der Waals surface area contributed by atoms with Crippen molar-refractivity contribution in [2.45, 2.75) is 16.6 Å². The van der Waals surface area contributed by atoms with Crippen molar-refractivity contribution in [2.75, 3.05) is 20.3 Å². The molecule has 0 amide bonds. The minimum Gasteiger partial charge on any atom is -0.383 e. The van der Waals surface area contributed by atoms with Crippen LogP contribution >= 0.6 is 27.7 Å². The number of aromatic amines is 1. The van der Waals surface area contributed by atoms with Gasteiger partial charge in [0, 0.05) is 42.0 Å². The molecular weight excluding hydrogens is 326 g/mol. The van der Waals surface area contributed by atoms with Crippen molar-refractivity contribution in [2.24, 2.45) is 0 Å². The van der Waals surface area contributed by atoms with Crippen LogP contribution in [0.15, 0.2) is 45.1 Å². The zero-order valence-corrected chi connectivity index (χ0v) is 13.1. The van der Waals surface area contributed by atoms with E-state index in [9.17, 15) is 0 Å². The monoisotopic (exact) mass is 341 g/mol. The highest BCUT2D eigenvalue weighted by Crippen LogP contribution is 2.29. The molecule has 0 fully saturated rings. The van der Waals surface area contributed by atoms with Crippen LogP contribution in [0.5, 0.6) is 0 Å². The number of hydrogen-bond donors (Lipinski definition) is 2. The average Bonchev–Trinajstić information content (AvgIpc) is 2.90. The standard InChI is InChI=1S/C13H16BrN3OS/c1-18-7-6-15-9-10-8-11(14)2-3-12(10)19-13-16-4-5-17-13/h2-5,8,15H,6-7,9H2,1H3,(H,16,17). The first-order valence-corrected chi connectivity index (χ1v) is 7.56. The van der Waals surface area contributed by atoms with E-state index in [1.54, 1.807) is 25.1 Å². The third kappa shape index (κ3) is 4.65. The average molecular weight is 342 g/mol. The summed E-state index contributed by atoms with van der Waals surface area (Å²) in [7, 11) is 1.71. The van der Waals surface area contributed by atoms with Gasteiger partial charge in [0.25, 0.3) is 0 Å². The van der Waals surface area contributed by atoms with Crippen molar-refractivity contribution in [1.29, 1.82) is 0 Å². The largest absolute Gasteiger partial charge is 0.383 e. The zero-order valence-electron chi connectivity index (χ0n) is 10.6. The van der Waals surface area contributed by atoms with Crippen molar-refractivity contribution >= 4 is 27.7 Å². The van der Waals surface area contributed by atoms with Gasteiger partial charge in [-0.15, -0.1) is 0 Å². The summed E-state index contributed by atoms with van der Waals surface area (Å²) >= 11 is 5.15. The van der Waals surface area contributed by atoms with Crippen LogP contribution in [0.4, 0.5) is 0 Å². The molecule has 1 aromatic carbocycles. The summed E-state index contributed by atoms with van der Waals surface area (Å²) in [5.74, 6) is 0. The molecule has 0 bridgehead atoms. The van der Waals surface area contributed by atoms with E-state index in [0.29, 0.717) is 6.61 Å². The topological polar surface area (TPSA) is 49.9 Å². The van der Waals surface area contributed by atoms with Crippen LogP contribution in [0.1, 0.15) is 5.56 Å². The van der Waals surface area contributed by atoms with Gasteiger partial charge in [0.2, 0.25) is 0 Å². The first-order chi connectivity index (χ1) is 9.29. The second-order valence-electron chi connectivity index (χ2n) is 3.92. The molecule has 0 atom stereocenters. The molecule has 6 heteroatoms. The Bertz CT molecular complexity index is 505. The summed E-state index contributed by atoms with van der Waals surface area (Å²) in [6, 6.07) is 6.28. The van der Waals surface area contributed by atoms with Crippen LogP contribution in [-0.2, 0) is 11.3 Å². The number of ether oxygens (including phenoxy) is 1. The first kappa shape index (κ1) is 14.6. The number of halogens is 1. The lowest BCUT2D eigenvalue weighted by Crippen LogP contribution is -2.18. The Kier molecular flexibility index (Phi) is 5.91. The Hall–Kier alpha value is -0.820. The van der Waals surface area contributed by atoms with E-state index < -0.39 is 0 Å². The van der Waals surface area contributed by atoms with Gasteiger partial charge in [0.1, 0.15) is 0 Å². The van der Waals surface area contributed by atoms with Crippen LogP contribution in [0.25, 0.3) is 0 Å². The summed E-state index contributed by atoms with van der Waals surface area (Å²) in [6.07, 6.45) is 3.59. The van der Waals surface area contributed by atoms with E-state index in [1.165, 1.54) is 10.5 Å². The Labute approximate surface area is 125 Å². The van der Waals surface area contributed by atoms with E-state index >= 15 is 0 Å². The molecule has 2 N–H and O–H groups in total. The summed E-state index contributed by atoms with van der Waals surface area (Å²) < 4.78 is 6.11. The molecule has 0 aliphatic heterocycles. The highest BCUT2D eigenvalue weighted by molar-refractivity contribution is 9.10. The predicted octanol–water partition coefficient (Wildman–Crippen LogP) is 3.06. The van der Waals surface area contributed by atoms with Gasteiger partial charge in [-0.1, -0.05) is 27.7 Å². The Morgan fingerprint density at radius 1 is 1.47 bits per heavy atom. The fraction of sp³-hybridized carbons (Fsp3) is 0.308. The number of aromatic nitrogens is 2. The van der Waals surface area contributed by atoms with Crippen molar-refractivity contribution in [1.82, 2.24) is 15.3 Å². The van der Waals surface area contributed by atoms with Gasteiger partial charge in [-0.2, -0.15) is 0 Å². The molecular formula is C13H16BrN3OS. The first-order valence-electron chi connectivity index (χ1n) is 5.95. The third-order valence-corrected chi connectivity index (χ3v) is 4.03. The molecule has 4 nitrogen and oxygen atoms in total. The molecule has 1 aromatic heterocycles. The number of hydrogen-bond acceptors (Lipinski definition) is 4. The van der Waals surface area contributed by atoms with Crippen molar-refractivity contribution in [3.8, 4) is 0 Å². The molecule has 0 spiro atoms. The van der Waals surface area contributed by atoms with Gasteiger partial charge in [-0.05, 0) is 23.8 Å². The van der Waals surface area contributed by atoms with Crippen LogP contribution < -0.4 is 5.32 Å². The van der Waals surface area contributed by atoms with Crippen LogP contribution in [0.3, 0.4) is 0 Å². The lowest BCUT2D eigenvalue weighted by atomic mass is 10.2. The SMILES string of the molecule is COCCNCc1cc(Br)ccc1Sc1ncc[nH]1. The van der Waals surface area contributed by atoms with E-state index in [4.69, 9.17) is 4.74 Å². The molecule has 0 radical (unpaired) electrons. The molecule has 0 unspecified atom stereocenters. The Balaban J connectivity index is 2.04. The highest BCUT2D eigenvalue weighted by Gasteiger charge is 2.06. The van der Waals surface area contributed by atoms with Crippen molar-refractivity contribution in [3.05, 3.63) is 40.6 Å². The van der Waals surface area contributed by atoms with E-state index in [-0.39, 0.29) is 0 Å². The lowest BCUT2D eigenvalue weighted by Gasteiger charge is -2.10. The zero-order chi connectivity index (χ0) is 13.5. The van der Waals surface area contributed by atoms with Crippen molar-refractivity contribution < 1.29 is 4.74 Å². The quantitative estimate of drug-likeness (QED) is 0.760. The Morgan fingerprint density at radius 3 is 3.11 bits per heavy atom. The molecule has 2 rings (SSSR count). The molecule has 102 valence electrons. The van der Waals surface area contributed by atoms with E-state index in [2.05, 4.69) is 43.3 Å². The van der Waals surface area contributed by atoms with Crippen LogP contribution in [0.2, 0.25) is 0 Å². The number of nitrogens with zero attached hydrogens (tertiary/aromatic N) is 1. The van der Waals surface area contributed by atoms with Gasteiger partial charge in [0.15, 0.2) is 5.16 Å². The number of benzene rings is 1. The smallest absolute Gasteiger partial charge is 0.170 e. The second kappa shape index (κ2) is 7.69. The fourth-order valence-corrected chi connectivity index (χ4v) is 2.85. The van der Waals surface area contributed by atoms with Crippen LogP contribution in [0, 0.1) is 0 Å². The predicted molar refractivity (Wildman–Crippen MR) is 80.4 cm³/mol. The molecule has 0 aliphatic rings. The lowest BCUT2D eigenvalue weighted by molar-refractivity contribution is 0.199. The minimum absolute atomic E-state index is 0.717. The maximum atomic E-state index is 5.03. The summed E-state index contributed by atoms with van der Waals surface area (Å²) in [5.41, 5.74) is 1.24. The summed E-state index contributed by atoms with van der Waals surface area (Å²) in [4.78, 5) is 8.54. The van der Waals surface area contributed by atoms with Crippen molar-refractivity contribution in [3.63, 3.8) is 0 Å². The number of nitrogens with one attached hydrogen (secondary N) is 2. The summed E-state index contributed by atoms with van der Waals surface area (Å²) in [5, 5.41) is 4.26. The van der Waals surface area contributed by atoms with Gasteiger partial charge in [-0.25, -0.2) is 4.98 Å². The van der Waals surface area contributed by atoms with Gasteiger partial charge < -0.3 is 15.0 Å². The summed E-state index contributed by atoms with van der Waals surface area (Å²) in [6.45, 7) is 2.37. The number of H-pyrrole nitrogens is 1. The highest BCUT2D eigenvalue weighted by atomic mass is 79.9. The number of methoxy groups -OCH3 is 1. The molecule has 0 saturated heterocycles. The molecule has 19 heavy (non-hydrogen) atoms. The number of imidazole rings is 1. The van der Waals surface area contributed by atoms with Gasteiger partial charge >= 0.3 is 0 Å². The minimum atomic E-state index is 0.717. The third-order valence-electron chi connectivity index (χ3n) is 2.50. The van der Waals surface area contributed by atoms with Crippen LogP contribution in [-0.4, -0.2) is 30.2 Å². The Morgan fingerprint density at radius 2 is 2.37 bits per heavy atom. The molecule has 2 aromatic rings. The van der Waals surface area contributed by atoms with Gasteiger partial charge in [0.05, 0.1) is 6.61 Å². The molecule has 0 aliphatic carbocycles. The second-order valence-corrected chi connectivity index (χ2v) is 5.86. The van der Waals surface area contributed by atoms with Gasteiger partial charge in [-0.3, -0.25) is 0 Å². The maximum Gasteiger partial charge on any atom is 0.170 e.